The molecule has 2 heterocycles. The van der Waals surface area contributed by atoms with E-state index < -0.39 is 0 Å². The summed E-state index contributed by atoms with van der Waals surface area (Å²) >= 11 is 6.23. The van der Waals surface area contributed by atoms with E-state index >= 15 is 0 Å². The van der Waals surface area contributed by atoms with Gasteiger partial charge in [-0.1, -0.05) is 29.8 Å². The van der Waals surface area contributed by atoms with Crippen LogP contribution in [0.2, 0.25) is 5.02 Å². The molecule has 0 spiro atoms. The van der Waals surface area contributed by atoms with Crippen LogP contribution in [-0.4, -0.2) is 16.4 Å². The van der Waals surface area contributed by atoms with E-state index in [4.69, 9.17) is 11.6 Å². The second kappa shape index (κ2) is 4.35. The van der Waals surface area contributed by atoms with E-state index in [1.165, 1.54) is 0 Å². The number of halogens is 1. The van der Waals surface area contributed by atoms with Crippen LogP contribution in [0.5, 0.6) is 0 Å². The Bertz CT molecular complexity index is 703. The van der Waals surface area contributed by atoms with Gasteiger partial charge in [-0.25, -0.2) is 4.98 Å². The highest BCUT2D eigenvalue weighted by Gasteiger charge is 2.08. The monoisotopic (exact) mass is 257 g/mol. The minimum absolute atomic E-state index is 0.731. The summed E-state index contributed by atoms with van der Waals surface area (Å²) < 4.78 is 2.03. The topological polar surface area (TPSA) is 29.3 Å². The lowest BCUT2D eigenvalue weighted by Crippen LogP contribution is -1.93. The van der Waals surface area contributed by atoms with Gasteiger partial charge in [-0.2, -0.15) is 0 Å². The van der Waals surface area contributed by atoms with Crippen LogP contribution in [0, 0.1) is 0 Å². The molecular weight excluding hydrogens is 246 g/mol. The van der Waals surface area contributed by atoms with Crippen LogP contribution >= 0.6 is 11.6 Å². The van der Waals surface area contributed by atoms with Crippen LogP contribution < -0.4 is 5.32 Å². The number of aromatic nitrogens is 2. The number of imidazole rings is 1. The first kappa shape index (κ1) is 11.1. The molecule has 3 aromatic rings. The van der Waals surface area contributed by atoms with E-state index in [1.54, 1.807) is 0 Å². The fraction of sp³-hybridized carbons (Fsp3) is 0.0714. The Labute approximate surface area is 110 Å². The highest BCUT2D eigenvalue weighted by Crippen LogP contribution is 2.28. The van der Waals surface area contributed by atoms with Gasteiger partial charge in [-0.15, -0.1) is 0 Å². The molecular formula is C14H12ClN3. The van der Waals surface area contributed by atoms with Crippen LogP contribution in [0.3, 0.4) is 0 Å². The van der Waals surface area contributed by atoms with Gasteiger partial charge in [0.05, 0.1) is 17.6 Å². The van der Waals surface area contributed by atoms with Crippen molar-refractivity contribution in [2.24, 2.45) is 0 Å². The van der Waals surface area contributed by atoms with Crippen molar-refractivity contribution >= 4 is 22.9 Å². The molecule has 1 N–H and O–H groups in total. The van der Waals surface area contributed by atoms with Crippen molar-refractivity contribution in [3.8, 4) is 11.3 Å². The Morgan fingerprint density at radius 2 is 2.00 bits per heavy atom. The van der Waals surface area contributed by atoms with Gasteiger partial charge in [0.1, 0.15) is 5.65 Å². The van der Waals surface area contributed by atoms with Gasteiger partial charge >= 0.3 is 0 Å². The van der Waals surface area contributed by atoms with Crippen molar-refractivity contribution in [1.82, 2.24) is 9.38 Å². The third-order valence-corrected chi connectivity index (χ3v) is 3.27. The summed E-state index contributed by atoms with van der Waals surface area (Å²) in [5.74, 6) is 0. The average molecular weight is 258 g/mol. The Kier molecular flexibility index (Phi) is 2.68. The van der Waals surface area contributed by atoms with Crippen molar-refractivity contribution in [2.75, 3.05) is 12.4 Å². The summed E-state index contributed by atoms with van der Waals surface area (Å²) in [5, 5.41) is 3.85. The molecule has 1 aromatic carbocycles. The zero-order chi connectivity index (χ0) is 12.5. The number of nitrogens with zero attached hydrogens (tertiary/aromatic N) is 2. The Hall–Kier alpha value is -2.00. The largest absolute Gasteiger partial charge is 0.387 e. The van der Waals surface area contributed by atoms with Crippen LogP contribution in [0.4, 0.5) is 5.69 Å². The molecule has 0 fully saturated rings. The second-order valence-electron chi connectivity index (χ2n) is 4.02. The summed E-state index contributed by atoms with van der Waals surface area (Å²) in [6.45, 7) is 0. The van der Waals surface area contributed by atoms with Crippen molar-refractivity contribution in [2.45, 2.75) is 0 Å². The third-order valence-electron chi connectivity index (χ3n) is 2.94. The van der Waals surface area contributed by atoms with Crippen LogP contribution in [0.1, 0.15) is 0 Å². The normalized spacial score (nSPS) is 10.8. The Morgan fingerprint density at radius 3 is 2.78 bits per heavy atom. The highest BCUT2D eigenvalue weighted by atomic mass is 35.5. The summed E-state index contributed by atoms with van der Waals surface area (Å²) in [6.07, 6.45) is 3.86. The number of anilines is 1. The highest BCUT2D eigenvalue weighted by molar-refractivity contribution is 6.33. The predicted octanol–water partition coefficient (Wildman–Crippen LogP) is 3.70. The summed E-state index contributed by atoms with van der Waals surface area (Å²) in [4.78, 5) is 4.39. The number of fused-ring (bicyclic) bond motifs is 1. The van der Waals surface area contributed by atoms with E-state index in [0.717, 1.165) is 27.6 Å². The molecule has 0 aliphatic rings. The van der Waals surface area contributed by atoms with Gasteiger partial charge in [0.2, 0.25) is 0 Å². The van der Waals surface area contributed by atoms with E-state index in [2.05, 4.69) is 10.3 Å². The molecule has 2 aromatic heterocycles. The number of pyridine rings is 1. The van der Waals surface area contributed by atoms with Gasteiger partial charge in [0, 0.05) is 23.8 Å². The minimum atomic E-state index is 0.731. The first-order chi connectivity index (χ1) is 8.79. The average Bonchev–Trinajstić information content (AvgIpc) is 2.82. The van der Waals surface area contributed by atoms with E-state index in [9.17, 15) is 0 Å². The van der Waals surface area contributed by atoms with Gasteiger partial charge in [0.25, 0.3) is 0 Å². The molecule has 0 saturated carbocycles. The Morgan fingerprint density at radius 1 is 1.17 bits per heavy atom. The molecule has 18 heavy (non-hydrogen) atoms. The maximum atomic E-state index is 6.23. The molecule has 0 atom stereocenters. The number of benzene rings is 1. The molecule has 0 unspecified atom stereocenters. The standard InChI is InChI=1S/C14H12ClN3/c1-16-10-6-7-14-17-8-13(18(14)9-10)11-4-2-3-5-12(11)15/h2-9,16H,1H3. The maximum absolute atomic E-state index is 6.23. The van der Waals surface area contributed by atoms with Gasteiger partial charge in [-0.3, -0.25) is 4.40 Å². The zero-order valence-electron chi connectivity index (χ0n) is 9.89. The molecule has 4 heteroatoms. The molecule has 3 nitrogen and oxygen atoms in total. The van der Waals surface area contributed by atoms with Crippen LogP contribution in [0.15, 0.2) is 48.8 Å². The quantitative estimate of drug-likeness (QED) is 0.759. The van der Waals surface area contributed by atoms with Crippen molar-refractivity contribution < 1.29 is 0 Å². The van der Waals surface area contributed by atoms with Crippen LogP contribution in [0.25, 0.3) is 16.9 Å². The number of hydrogen-bond donors (Lipinski definition) is 1. The predicted molar refractivity (Wildman–Crippen MR) is 75.2 cm³/mol. The molecule has 3 rings (SSSR count). The molecule has 90 valence electrons. The minimum Gasteiger partial charge on any atom is -0.387 e. The van der Waals surface area contributed by atoms with Crippen molar-refractivity contribution in [1.29, 1.82) is 0 Å². The van der Waals surface area contributed by atoms with Crippen molar-refractivity contribution in [3.05, 3.63) is 53.8 Å². The second-order valence-corrected chi connectivity index (χ2v) is 4.43. The first-order valence-corrected chi connectivity index (χ1v) is 6.07. The number of hydrogen-bond acceptors (Lipinski definition) is 2. The molecule has 0 saturated heterocycles. The first-order valence-electron chi connectivity index (χ1n) is 5.69. The van der Waals surface area contributed by atoms with E-state index in [1.807, 2.05) is 60.2 Å². The molecule has 0 radical (unpaired) electrons. The number of rotatable bonds is 2. The molecule has 0 aliphatic heterocycles. The third kappa shape index (κ3) is 1.73. The smallest absolute Gasteiger partial charge is 0.137 e. The molecule has 0 amide bonds. The molecule has 0 aliphatic carbocycles. The van der Waals surface area contributed by atoms with E-state index in [-0.39, 0.29) is 0 Å². The number of nitrogens with one attached hydrogen (secondary N) is 1. The fourth-order valence-corrected chi connectivity index (χ4v) is 2.23. The summed E-state index contributed by atoms with van der Waals surface area (Å²) in [5.41, 5.74) is 3.92. The molecule has 0 bridgehead atoms. The fourth-order valence-electron chi connectivity index (χ4n) is 2.00. The lowest BCUT2D eigenvalue weighted by Gasteiger charge is -2.06. The Balaban J connectivity index is 2.26. The van der Waals surface area contributed by atoms with Crippen molar-refractivity contribution in [3.63, 3.8) is 0 Å². The lowest BCUT2D eigenvalue weighted by atomic mass is 10.2. The summed E-state index contributed by atoms with van der Waals surface area (Å²) in [6, 6.07) is 11.8. The van der Waals surface area contributed by atoms with Crippen LogP contribution in [-0.2, 0) is 0 Å². The van der Waals surface area contributed by atoms with Gasteiger partial charge in [0.15, 0.2) is 0 Å². The maximum Gasteiger partial charge on any atom is 0.137 e. The van der Waals surface area contributed by atoms with Gasteiger partial charge in [-0.05, 0) is 18.2 Å². The van der Waals surface area contributed by atoms with Gasteiger partial charge < -0.3 is 5.32 Å². The SMILES string of the molecule is CNc1ccc2ncc(-c3ccccc3Cl)n2c1. The lowest BCUT2D eigenvalue weighted by molar-refractivity contribution is 1.19. The summed E-state index contributed by atoms with van der Waals surface area (Å²) in [7, 11) is 1.90. The van der Waals surface area contributed by atoms with E-state index in [0.29, 0.717) is 0 Å². The zero-order valence-corrected chi connectivity index (χ0v) is 10.6.